The fourth-order valence-corrected chi connectivity index (χ4v) is 2.41. The van der Waals surface area contributed by atoms with Crippen LogP contribution in [-0.4, -0.2) is 22.8 Å². The van der Waals surface area contributed by atoms with Gasteiger partial charge in [-0.3, -0.25) is 0 Å². The Labute approximate surface area is 113 Å². The molecule has 0 aliphatic heterocycles. The molecule has 0 bridgehead atoms. The van der Waals surface area contributed by atoms with Gasteiger partial charge in [0.15, 0.2) is 4.77 Å². The molecule has 0 saturated heterocycles. The van der Waals surface area contributed by atoms with E-state index in [0.29, 0.717) is 0 Å². The van der Waals surface area contributed by atoms with Crippen molar-refractivity contribution < 1.29 is 4.74 Å². The Morgan fingerprint density at radius 1 is 1.33 bits per heavy atom. The number of benzene rings is 1. The third kappa shape index (κ3) is 2.82. The number of para-hydroxylation sites is 1. The van der Waals surface area contributed by atoms with Gasteiger partial charge in [-0.15, -0.1) is 0 Å². The van der Waals surface area contributed by atoms with Crippen molar-refractivity contribution in [2.24, 2.45) is 0 Å². The number of hydrogen-bond acceptors (Lipinski definition) is 2. The van der Waals surface area contributed by atoms with Crippen molar-refractivity contribution >= 4 is 23.3 Å². The fraction of sp³-hybridized carbons (Fsp3) is 0.500. The fourth-order valence-electron chi connectivity index (χ4n) is 2.12. The van der Waals surface area contributed by atoms with E-state index in [0.717, 1.165) is 42.9 Å². The molecule has 0 atom stereocenters. The van der Waals surface area contributed by atoms with Gasteiger partial charge in [-0.05, 0) is 43.6 Å². The lowest BCUT2D eigenvalue weighted by Crippen LogP contribution is -2.03. The average Bonchev–Trinajstić information content (AvgIpc) is 2.68. The number of nitrogens with zero attached hydrogens (tertiary/aromatic N) is 1. The Morgan fingerprint density at radius 3 is 2.94 bits per heavy atom. The van der Waals surface area contributed by atoms with E-state index in [-0.39, 0.29) is 0 Å². The predicted octanol–water partition coefficient (Wildman–Crippen LogP) is 3.82. The number of rotatable bonds is 6. The lowest BCUT2D eigenvalue weighted by molar-refractivity contribution is 0.129. The first-order valence-corrected chi connectivity index (χ1v) is 6.90. The minimum Gasteiger partial charge on any atom is -0.381 e. The molecule has 1 N–H and O–H groups in total. The maximum atomic E-state index is 5.50. The SMILES string of the molecule is CCCOCCCn1c(=S)[nH]c2c(C)cccc21. The van der Waals surface area contributed by atoms with Gasteiger partial charge in [0.1, 0.15) is 0 Å². The smallest absolute Gasteiger partial charge is 0.178 e. The van der Waals surface area contributed by atoms with E-state index in [4.69, 9.17) is 17.0 Å². The van der Waals surface area contributed by atoms with Gasteiger partial charge < -0.3 is 14.3 Å². The molecule has 0 radical (unpaired) electrons. The molecule has 4 heteroatoms. The summed E-state index contributed by atoms with van der Waals surface area (Å²) in [6, 6.07) is 6.29. The third-order valence-corrected chi connectivity index (χ3v) is 3.36. The number of aromatic amines is 1. The predicted molar refractivity (Wildman–Crippen MR) is 77.6 cm³/mol. The molecule has 18 heavy (non-hydrogen) atoms. The van der Waals surface area contributed by atoms with Crippen LogP contribution >= 0.6 is 12.2 Å². The summed E-state index contributed by atoms with van der Waals surface area (Å²) in [4.78, 5) is 3.28. The summed E-state index contributed by atoms with van der Waals surface area (Å²) in [5.41, 5.74) is 3.58. The number of fused-ring (bicyclic) bond motifs is 1. The van der Waals surface area contributed by atoms with Gasteiger partial charge in [0.25, 0.3) is 0 Å². The van der Waals surface area contributed by atoms with Gasteiger partial charge in [-0.25, -0.2) is 0 Å². The van der Waals surface area contributed by atoms with Crippen LogP contribution in [0.5, 0.6) is 0 Å². The molecule has 98 valence electrons. The summed E-state index contributed by atoms with van der Waals surface area (Å²) in [5, 5.41) is 0. The highest BCUT2D eigenvalue weighted by Crippen LogP contribution is 2.18. The summed E-state index contributed by atoms with van der Waals surface area (Å²) in [5.74, 6) is 0. The van der Waals surface area contributed by atoms with Crippen LogP contribution in [-0.2, 0) is 11.3 Å². The van der Waals surface area contributed by atoms with Crippen molar-refractivity contribution in [2.75, 3.05) is 13.2 Å². The monoisotopic (exact) mass is 264 g/mol. The first kappa shape index (κ1) is 13.3. The Hall–Kier alpha value is -1.13. The molecule has 0 amide bonds. The van der Waals surface area contributed by atoms with Crippen molar-refractivity contribution in [2.45, 2.75) is 33.2 Å². The van der Waals surface area contributed by atoms with Gasteiger partial charge in [-0.1, -0.05) is 19.1 Å². The van der Waals surface area contributed by atoms with Crippen molar-refractivity contribution in [3.8, 4) is 0 Å². The van der Waals surface area contributed by atoms with E-state index >= 15 is 0 Å². The summed E-state index contributed by atoms with van der Waals surface area (Å²) in [6.45, 7) is 6.78. The number of aryl methyl sites for hydroxylation is 2. The van der Waals surface area contributed by atoms with Crippen molar-refractivity contribution in [3.05, 3.63) is 28.5 Å². The number of nitrogens with one attached hydrogen (secondary N) is 1. The Balaban J connectivity index is 2.11. The number of aromatic nitrogens is 2. The molecule has 0 saturated carbocycles. The quantitative estimate of drug-likeness (QED) is 0.635. The maximum Gasteiger partial charge on any atom is 0.178 e. The van der Waals surface area contributed by atoms with E-state index in [1.54, 1.807) is 0 Å². The Bertz CT molecular complexity index is 571. The topological polar surface area (TPSA) is 29.9 Å². The standard InChI is InChI=1S/C14H20N2OS/c1-3-9-17-10-5-8-16-12-7-4-6-11(2)13(12)15-14(16)18/h4,6-7H,3,5,8-10H2,1-2H3,(H,15,18). The minimum absolute atomic E-state index is 0.800. The minimum atomic E-state index is 0.800. The first-order chi connectivity index (χ1) is 8.74. The summed E-state index contributed by atoms with van der Waals surface area (Å²) >= 11 is 5.38. The molecule has 0 unspecified atom stereocenters. The third-order valence-electron chi connectivity index (χ3n) is 3.04. The van der Waals surface area contributed by atoms with E-state index in [2.05, 4.69) is 41.6 Å². The van der Waals surface area contributed by atoms with Gasteiger partial charge in [0.2, 0.25) is 0 Å². The lowest BCUT2D eigenvalue weighted by atomic mass is 10.2. The molecule has 2 aromatic rings. The maximum absolute atomic E-state index is 5.50. The molecule has 0 aliphatic rings. The van der Waals surface area contributed by atoms with E-state index in [1.165, 1.54) is 11.1 Å². The second kappa shape index (κ2) is 6.16. The first-order valence-electron chi connectivity index (χ1n) is 6.50. The summed E-state index contributed by atoms with van der Waals surface area (Å²) in [7, 11) is 0. The summed E-state index contributed by atoms with van der Waals surface area (Å²) in [6.07, 6.45) is 2.07. The molecule has 2 rings (SSSR count). The number of hydrogen-bond donors (Lipinski definition) is 1. The van der Waals surface area contributed by atoms with Crippen LogP contribution in [0, 0.1) is 11.7 Å². The Kier molecular flexibility index (Phi) is 4.55. The van der Waals surface area contributed by atoms with E-state index < -0.39 is 0 Å². The highest BCUT2D eigenvalue weighted by molar-refractivity contribution is 7.71. The second-order valence-corrected chi connectivity index (χ2v) is 4.90. The normalized spacial score (nSPS) is 11.2. The summed E-state index contributed by atoms with van der Waals surface area (Å²) < 4.78 is 8.46. The molecule has 1 heterocycles. The molecule has 0 spiro atoms. The largest absolute Gasteiger partial charge is 0.381 e. The van der Waals surface area contributed by atoms with Crippen LogP contribution < -0.4 is 0 Å². The second-order valence-electron chi connectivity index (χ2n) is 4.52. The zero-order chi connectivity index (χ0) is 13.0. The average molecular weight is 264 g/mol. The van der Waals surface area contributed by atoms with Crippen LogP contribution in [0.2, 0.25) is 0 Å². The van der Waals surface area contributed by atoms with Crippen molar-refractivity contribution in [1.29, 1.82) is 0 Å². The zero-order valence-electron chi connectivity index (χ0n) is 11.0. The number of ether oxygens (including phenoxy) is 1. The van der Waals surface area contributed by atoms with Crippen molar-refractivity contribution in [3.63, 3.8) is 0 Å². The highest BCUT2D eigenvalue weighted by Gasteiger charge is 2.05. The Morgan fingerprint density at radius 2 is 2.17 bits per heavy atom. The molecular formula is C14H20N2OS. The van der Waals surface area contributed by atoms with E-state index in [9.17, 15) is 0 Å². The van der Waals surface area contributed by atoms with Crippen LogP contribution in [0.4, 0.5) is 0 Å². The molecular weight excluding hydrogens is 244 g/mol. The molecule has 1 aromatic heterocycles. The molecule has 1 aromatic carbocycles. The zero-order valence-corrected chi connectivity index (χ0v) is 11.8. The number of imidazole rings is 1. The molecule has 0 fully saturated rings. The number of H-pyrrole nitrogens is 1. The van der Waals surface area contributed by atoms with Crippen LogP contribution in [0.3, 0.4) is 0 Å². The van der Waals surface area contributed by atoms with Gasteiger partial charge in [0, 0.05) is 19.8 Å². The van der Waals surface area contributed by atoms with Crippen LogP contribution in [0.1, 0.15) is 25.3 Å². The highest BCUT2D eigenvalue weighted by atomic mass is 32.1. The van der Waals surface area contributed by atoms with Crippen LogP contribution in [0.15, 0.2) is 18.2 Å². The van der Waals surface area contributed by atoms with Gasteiger partial charge in [-0.2, -0.15) is 0 Å². The lowest BCUT2D eigenvalue weighted by Gasteiger charge is -2.05. The van der Waals surface area contributed by atoms with Gasteiger partial charge in [0.05, 0.1) is 11.0 Å². The van der Waals surface area contributed by atoms with E-state index in [1.807, 2.05) is 0 Å². The molecule has 3 nitrogen and oxygen atoms in total. The van der Waals surface area contributed by atoms with Gasteiger partial charge >= 0.3 is 0 Å². The van der Waals surface area contributed by atoms with Crippen LogP contribution in [0.25, 0.3) is 11.0 Å². The van der Waals surface area contributed by atoms with Crippen molar-refractivity contribution in [1.82, 2.24) is 9.55 Å². The molecule has 0 aliphatic carbocycles.